The van der Waals surface area contributed by atoms with E-state index in [9.17, 15) is 13.2 Å². The summed E-state index contributed by atoms with van der Waals surface area (Å²) in [6.45, 7) is 1.70. The van der Waals surface area contributed by atoms with Crippen LogP contribution >= 0.6 is 0 Å². The van der Waals surface area contributed by atoms with Crippen molar-refractivity contribution in [3.8, 4) is 0 Å². The SMILES string of the molecule is Cc1nnnn1[C@@H](C(=O)NCCS(=O)(=O)N(C)C)c1ccccc1. The first-order valence-corrected chi connectivity index (χ1v) is 8.91. The number of carbonyl (C=O) groups excluding carboxylic acids is 1. The molecule has 0 aliphatic rings. The van der Waals surface area contributed by atoms with E-state index < -0.39 is 16.1 Å². The van der Waals surface area contributed by atoms with E-state index in [-0.39, 0.29) is 18.2 Å². The summed E-state index contributed by atoms with van der Waals surface area (Å²) >= 11 is 0. The Bertz CT molecular complexity index is 788. The van der Waals surface area contributed by atoms with E-state index >= 15 is 0 Å². The molecule has 1 aromatic heterocycles. The third-order valence-electron chi connectivity index (χ3n) is 3.48. The van der Waals surface area contributed by atoms with Gasteiger partial charge in [0.05, 0.1) is 5.75 Å². The molecule has 0 fully saturated rings. The lowest BCUT2D eigenvalue weighted by molar-refractivity contribution is -0.123. The number of aryl methyl sites for hydroxylation is 1. The number of nitrogens with zero attached hydrogens (tertiary/aromatic N) is 5. The first-order valence-electron chi connectivity index (χ1n) is 7.30. The molecule has 0 saturated heterocycles. The zero-order chi connectivity index (χ0) is 17.7. The fraction of sp³-hybridized carbons (Fsp3) is 0.429. The summed E-state index contributed by atoms with van der Waals surface area (Å²) in [5.74, 6) is -0.0626. The zero-order valence-electron chi connectivity index (χ0n) is 13.7. The number of tetrazole rings is 1. The van der Waals surface area contributed by atoms with E-state index in [4.69, 9.17) is 0 Å². The molecular formula is C14H20N6O3S. The molecule has 1 N–H and O–H groups in total. The van der Waals surface area contributed by atoms with Crippen molar-refractivity contribution < 1.29 is 13.2 Å². The lowest BCUT2D eigenvalue weighted by atomic mass is 10.1. The summed E-state index contributed by atoms with van der Waals surface area (Å²) in [5.41, 5.74) is 0.709. The van der Waals surface area contributed by atoms with Crippen LogP contribution in [0.2, 0.25) is 0 Å². The molecule has 1 atom stereocenters. The quantitative estimate of drug-likeness (QED) is 0.725. The largest absolute Gasteiger partial charge is 0.353 e. The minimum absolute atomic E-state index is 0.00382. The number of rotatable bonds is 7. The van der Waals surface area contributed by atoms with Gasteiger partial charge in [0.2, 0.25) is 15.9 Å². The molecular weight excluding hydrogens is 332 g/mol. The molecule has 1 aromatic carbocycles. The number of amides is 1. The monoisotopic (exact) mass is 352 g/mol. The predicted octanol–water partition coefficient (Wildman–Crippen LogP) is -0.421. The highest BCUT2D eigenvalue weighted by Gasteiger charge is 2.26. The Hall–Kier alpha value is -2.33. The van der Waals surface area contributed by atoms with Crippen LogP contribution in [0.3, 0.4) is 0 Å². The van der Waals surface area contributed by atoms with Gasteiger partial charge < -0.3 is 5.32 Å². The molecule has 24 heavy (non-hydrogen) atoms. The number of benzene rings is 1. The summed E-state index contributed by atoms with van der Waals surface area (Å²) in [6, 6.07) is 8.29. The van der Waals surface area contributed by atoms with Gasteiger partial charge in [-0.2, -0.15) is 0 Å². The van der Waals surface area contributed by atoms with E-state index in [1.54, 1.807) is 19.1 Å². The van der Waals surface area contributed by atoms with Gasteiger partial charge in [0, 0.05) is 20.6 Å². The molecule has 0 unspecified atom stereocenters. The molecule has 0 bridgehead atoms. The minimum Gasteiger partial charge on any atom is -0.353 e. The van der Waals surface area contributed by atoms with Crippen LogP contribution in [-0.2, 0) is 14.8 Å². The van der Waals surface area contributed by atoms with Gasteiger partial charge in [0.25, 0.3) is 0 Å². The Labute approximate surface area is 140 Å². The van der Waals surface area contributed by atoms with E-state index in [0.717, 1.165) is 4.31 Å². The van der Waals surface area contributed by atoms with Gasteiger partial charge in [-0.25, -0.2) is 17.4 Å². The number of hydrogen-bond acceptors (Lipinski definition) is 6. The van der Waals surface area contributed by atoms with Gasteiger partial charge in [-0.1, -0.05) is 30.3 Å². The third-order valence-corrected chi connectivity index (χ3v) is 5.31. The highest BCUT2D eigenvalue weighted by molar-refractivity contribution is 7.89. The number of hydrogen-bond donors (Lipinski definition) is 1. The molecule has 0 spiro atoms. The molecule has 9 nitrogen and oxygen atoms in total. The lowest BCUT2D eigenvalue weighted by Gasteiger charge is -2.18. The van der Waals surface area contributed by atoms with Crippen molar-refractivity contribution in [3.63, 3.8) is 0 Å². The Morgan fingerprint density at radius 2 is 1.96 bits per heavy atom. The first-order chi connectivity index (χ1) is 11.3. The Morgan fingerprint density at radius 1 is 1.29 bits per heavy atom. The van der Waals surface area contributed by atoms with Gasteiger partial charge in [0.1, 0.15) is 5.82 Å². The lowest BCUT2D eigenvalue weighted by Crippen LogP contribution is -2.38. The zero-order valence-corrected chi connectivity index (χ0v) is 14.6. The molecule has 0 saturated carbocycles. The van der Waals surface area contributed by atoms with Crippen LogP contribution in [0, 0.1) is 6.92 Å². The van der Waals surface area contributed by atoms with Gasteiger partial charge in [-0.15, -0.1) is 5.10 Å². The molecule has 0 aliphatic carbocycles. The van der Waals surface area contributed by atoms with Gasteiger partial charge in [-0.05, 0) is 22.9 Å². The van der Waals surface area contributed by atoms with E-state index in [1.165, 1.54) is 18.8 Å². The smallest absolute Gasteiger partial charge is 0.249 e. The molecule has 1 amide bonds. The predicted molar refractivity (Wildman–Crippen MR) is 87.6 cm³/mol. The second-order valence-electron chi connectivity index (χ2n) is 5.37. The highest BCUT2D eigenvalue weighted by atomic mass is 32.2. The van der Waals surface area contributed by atoms with Crippen LogP contribution in [0.15, 0.2) is 30.3 Å². The normalized spacial score (nSPS) is 13.0. The minimum atomic E-state index is -3.37. The van der Waals surface area contributed by atoms with Crippen molar-refractivity contribution in [2.75, 3.05) is 26.4 Å². The van der Waals surface area contributed by atoms with Gasteiger partial charge in [0.15, 0.2) is 6.04 Å². The Morgan fingerprint density at radius 3 is 2.50 bits per heavy atom. The van der Waals surface area contributed by atoms with Crippen molar-refractivity contribution >= 4 is 15.9 Å². The van der Waals surface area contributed by atoms with Crippen molar-refractivity contribution in [2.24, 2.45) is 0 Å². The average Bonchev–Trinajstić information content (AvgIpc) is 2.94. The topological polar surface area (TPSA) is 110 Å². The molecule has 2 aromatic rings. The molecule has 0 radical (unpaired) electrons. The van der Waals surface area contributed by atoms with Crippen molar-refractivity contribution in [1.82, 2.24) is 29.8 Å². The average molecular weight is 352 g/mol. The van der Waals surface area contributed by atoms with Crippen molar-refractivity contribution in [3.05, 3.63) is 41.7 Å². The van der Waals surface area contributed by atoms with Crippen molar-refractivity contribution in [2.45, 2.75) is 13.0 Å². The van der Waals surface area contributed by atoms with Crippen LogP contribution in [0.4, 0.5) is 0 Å². The second-order valence-corrected chi connectivity index (χ2v) is 7.68. The van der Waals surface area contributed by atoms with Crippen LogP contribution < -0.4 is 5.32 Å². The fourth-order valence-corrected chi connectivity index (χ4v) is 2.82. The van der Waals surface area contributed by atoms with Crippen LogP contribution in [0.5, 0.6) is 0 Å². The first kappa shape index (κ1) is 18.0. The summed E-state index contributed by atoms with van der Waals surface area (Å²) in [5, 5.41) is 13.9. The maximum atomic E-state index is 12.6. The van der Waals surface area contributed by atoms with Crippen LogP contribution in [0.1, 0.15) is 17.4 Å². The Kier molecular flexibility index (Phi) is 5.62. The van der Waals surface area contributed by atoms with E-state index in [0.29, 0.717) is 11.4 Å². The number of carbonyl (C=O) groups is 1. The summed E-state index contributed by atoms with van der Waals surface area (Å²) in [7, 11) is -0.469. The molecule has 0 aliphatic heterocycles. The number of aromatic nitrogens is 4. The maximum Gasteiger partial charge on any atom is 0.249 e. The van der Waals surface area contributed by atoms with Crippen LogP contribution in [0.25, 0.3) is 0 Å². The summed E-state index contributed by atoms with van der Waals surface area (Å²) < 4.78 is 26.1. The molecule has 1 heterocycles. The van der Waals surface area contributed by atoms with E-state index in [2.05, 4.69) is 20.8 Å². The third kappa shape index (κ3) is 4.15. The highest BCUT2D eigenvalue weighted by Crippen LogP contribution is 2.18. The maximum absolute atomic E-state index is 12.6. The second kappa shape index (κ2) is 7.49. The van der Waals surface area contributed by atoms with E-state index in [1.807, 2.05) is 18.2 Å². The van der Waals surface area contributed by atoms with Gasteiger partial charge >= 0.3 is 0 Å². The Balaban J connectivity index is 2.17. The number of sulfonamides is 1. The molecule has 2 rings (SSSR count). The van der Waals surface area contributed by atoms with Gasteiger partial charge in [-0.3, -0.25) is 4.79 Å². The van der Waals surface area contributed by atoms with Crippen molar-refractivity contribution in [1.29, 1.82) is 0 Å². The summed E-state index contributed by atoms with van der Waals surface area (Å²) in [6.07, 6.45) is 0. The molecule has 130 valence electrons. The standard InChI is InChI=1S/C14H20N6O3S/c1-11-16-17-18-20(11)13(12-7-5-4-6-8-12)14(21)15-9-10-24(22,23)19(2)3/h4-8,13H,9-10H2,1-3H3,(H,15,21)/t13-/m1/s1. The summed E-state index contributed by atoms with van der Waals surface area (Å²) in [4.78, 5) is 12.6. The fourth-order valence-electron chi connectivity index (χ4n) is 2.10. The van der Waals surface area contributed by atoms with Crippen LogP contribution in [-0.4, -0.2) is 65.2 Å². The molecule has 10 heteroatoms. The number of nitrogens with one attached hydrogen (secondary N) is 1.